The molecule has 0 aromatic rings. The fourth-order valence-corrected chi connectivity index (χ4v) is 8.50. The van der Waals surface area contributed by atoms with E-state index in [0.29, 0.717) is 22.7 Å². The van der Waals surface area contributed by atoms with Crippen LogP contribution in [0.2, 0.25) is 0 Å². The van der Waals surface area contributed by atoms with Crippen LogP contribution in [0.4, 0.5) is 0 Å². The van der Waals surface area contributed by atoms with E-state index in [4.69, 9.17) is 4.74 Å². The molecule has 174 valence electrons. The summed E-state index contributed by atoms with van der Waals surface area (Å²) in [6.07, 6.45) is 19.1. The smallest absolute Gasteiger partial charge is 0.302 e. The number of rotatable bonds is 5. The minimum atomic E-state index is -0.121. The monoisotopic (exact) mass is 426 g/mol. The highest BCUT2D eigenvalue weighted by Gasteiger charge is 2.59. The molecule has 0 aromatic heterocycles. The van der Waals surface area contributed by atoms with E-state index in [0.717, 1.165) is 36.5 Å². The van der Waals surface area contributed by atoms with Gasteiger partial charge in [0.1, 0.15) is 6.10 Å². The Labute approximate surface area is 191 Å². The lowest BCUT2D eigenvalue weighted by atomic mass is 9.47. The molecule has 4 rings (SSSR count). The molecule has 3 saturated carbocycles. The van der Waals surface area contributed by atoms with Gasteiger partial charge in [0.2, 0.25) is 0 Å². The lowest BCUT2D eigenvalue weighted by Crippen LogP contribution is -2.51. The second-order valence-corrected chi connectivity index (χ2v) is 12.1. The molecule has 0 bridgehead atoms. The molecular weight excluding hydrogens is 380 g/mol. The Morgan fingerprint density at radius 2 is 1.90 bits per heavy atom. The number of hydrogen-bond acceptors (Lipinski definition) is 2. The maximum Gasteiger partial charge on any atom is 0.302 e. The molecule has 0 unspecified atom stereocenters. The van der Waals surface area contributed by atoms with E-state index in [-0.39, 0.29) is 12.1 Å². The number of carbonyl (C=O) groups is 1. The van der Waals surface area contributed by atoms with Gasteiger partial charge in [-0.3, -0.25) is 4.79 Å². The van der Waals surface area contributed by atoms with Gasteiger partial charge < -0.3 is 4.74 Å². The van der Waals surface area contributed by atoms with Crippen LogP contribution >= 0.6 is 0 Å². The lowest BCUT2D eigenvalue weighted by Gasteiger charge is -2.58. The Bertz CT molecular complexity index is 735. The van der Waals surface area contributed by atoms with Crippen LogP contribution in [0.1, 0.15) is 99.3 Å². The topological polar surface area (TPSA) is 26.3 Å². The van der Waals surface area contributed by atoms with Gasteiger partial charge in [-0.2, -0.15) is 0 Å². The van der Waals surface area contributed by atoms with Gasteiger partial charge in [-0.05, 0) is 91.3 Å². The van der Waals surface area contributed by atoms with Crippen molar-refractivity contribution in [1.29, 1.82) is 0 Å². The summed E-state index contributed by atoms with van der Waals surface area (Å²) >= 11 is 0. The van der Waals surface area contributed by atoms with E-state index in [2.05, 4.69) is 52.8 Å². The van der Waals surface area contributed by atoms with E-state index in [1.165, 1.54) is 44.9 Å². The van der Waals surface area contributed by atoms with Crippen molar-refractivity contribution < 1.29 is 9.53 Å². The number of ether oxygens (including phenoxy) is 1. The second-order valence-electron chi connectivity index (χ2n) is 12.1. The number of esters is 1. The highest BCUT2D eigenvalue weighted by atomic mass is 16.5. The Hall–Kier alpha value is -1.05. The second kappa shape index (κ2) is 8.71. The maximum absolute atomic E-state index is 11.5. The lowest BCUT2D eigenvalue weighted by molar-refractivity contribution is -0.148. The third-order valence-electron chi connectivity index (χ3n) is 10.5. The third kappa shape index (κ3) is 4.06. The van der Waals surface area contributed by atoms with Crippen molar-refractivity contribution in [1.82, 2.24) is 0 Å². The third-order valence-corrected chi connectivity index (χ3v) is 10.5. The van der Waals surface area contributed by atoms with Gasteiger partial charge in [-0.1, -0.05) is 64.8 Å². The van der Waals surface area contributed by atoms with Crippen molar-refractivity contribution >= 4 is 5.97 Å². The summed E-state index contributed by atoms with van der Waals surface area (Å²) in [5, 5.41) is 0. The van der Waals surface area contributed by atoms with E-state index < -0.39 is 0 Å². The number of fused-ring (bicyclic) bond motifs is 5. The predicted molar refractivity (Wildman–Crippen MR) is 129 cm³/mol. The molecule has 0 amide bonds. The van der Waals surface area contributed by atoms with Crippen LogP contribution in [0.25, 0.3) is 0 Å². The number of allylic oxidation sites excluding steroid dienone is 3. The Morgan fingerprint density at radius 1 is 1.13 bits per heavy atom. The van der Waals surface area contributed by atoms with Crippen molar-refractivity contribution in [2.75, 3.05) is 0 Å². The largest absolute Gasteiger partial charge is 0.462 e. The maximum atomic E-state index is 11.5. The summed E-state index contributed by atoms with van der Waals surface area (Å²) in [5.41, 5.74) is 2.45. The van der Waals surface area contributed by atoms with Gasteiger partial charge in [0.05, 0.1) is 0 Å². The molecule has 4 aliphatic carbocycles. The molecule has 0 radical (unpaired) electrons. The van der Waals surface area contributed by atoms with E-state index in [9.17, 15) is 4.79 Å². The van der Waals surface area contributed by atoms with Crippen LogP contribution in [0, 0.1) is 46.3 Å². The van der Waals surface area contributed by atoms with Gasteiger partial charge >= 0.3 is 5.97 Å². The van der Waals surface area contributed by atoms with Crippen molar-refractivity contribution in [3.8, 4) is 0 Å². The summed E-state index contributed by atoms with van der Waals surface area (Å²) in [5.74, 6) is 4.69. The van der Waals surface area contributed by atoms with Crippen LogP contribution < -0.4 is 0 Å². The molecule has 31 heavy (non-hydrogen) atoms. The van der Waals surface area contributed by atoms with Gasteiger partial charge in [-0.25, -0.2) is 0 Å². The van der Waals surface area contributed by atoms with E-state index in [1.807, 2.05) is 0 Å². The van der Waals surface area contributed by atoms with Crippen LogP contribution in [-0.4, -0.2) is 12.1 Å². The van der Waals surface area contributed by atoms with E-state index >= 15 is 0 Å². The zero-order valence-electron chi connectivity index (χ0n) is 21.0. The first-order chi connectivity index (χ1) is 14.7. The highest BCUT2D eigenvalue weighted by molar-refractivity contribution is 5.66. The Kier molecular flexibility index (Phi) is 6.50. The molecule has 0 aromatic carbocycles. The summed E-state index contributed by atoms with van der Waals surface area (Å²) in [7, 11) is 0. The van der Waals surface area contributed by atoms with E-state index in [1.54, 1.807) is 12.5 Å². The molecule has 0 saturated heterocycles. The highest BCUT2D eigenvalue weighted by Crippen LogP contribution is 2.67. The average molecular weight is 427 g/mol. The van der Waals surface area contributed by atoms with Crippen LogP contribution in [0.15, 0.2) is 23.8 Å². The first-order valence-electron chi connectivity index (χ1n) is 13.2. The van der Waals surface area contributed by atoms with Crippen LogP contribution in [0.3, 0.4) is 0 Å². The molecule has 9 atom stereocenters. The number of hydrogen-bond donors (Lipinski definition) is 0. The van der Waals surface area contributed by atoms with Crippen LogP contribution in [-0.2, 0) is 9.53 Å². The minimum Gasteiger partial charge on any atom is -0.462 e. The fraction of sp³-hybridized carbons (Fsp3) is 0.828. The Morgan fingerprint density at radius 3 is 2.61 bits per heavy atom. The SMILES string of the molecule is CC[C@H](C)/C=C/[C@@H](C)[C@H]1CC[C@H]2[C@@H]3CC=C4C[C@@H](OC(C)=O)CC[C@]4(C)[C@H]3CC[C@]12C. The fourth-order valence-electron chi connectivity index (χ4n) is 8.50. The van der Waals surface area contributed by atoms with Crippen molar-refractivity contribution in [3.05, 3.63) is 23.8 Å². The molecule has 0 spiro atoms. The van der Waals surface area contributed by atoms with Gasteiger partial charge in [0.25, 0.3) is 0 Å². The molecule has 0 N–H and O–H groups in total. The van der Waals surface area contributed by atoms with Gasteiger partial charge in [0.15, 0.2) is 0 Å². The molecule has 0 aliphatic heterocycles. The molecule has 2 heteroatoms. The molecular formula is C29H46O2. The standard InChI is InChI=1S/C29H46O2/c1-7-19(2)8-9-20(3)25-12-13-26-24-11-10-22-18-23(31-21(4)30)14-16-28(22,5)27(24)15-17-29(25,26)6/h8-10,19-20,23-27H,7,11-18H2,1-6H3/b9-8+/t19-,20+,23-,24-,25+,26-,27-,28-,29+/m0/s1. The first kappa shape index (κ1) is 23.1. The summed E-state index contributed by atoms with van der Waals surface area (Å²) < 4.78 is 5.61. The van der Waals surface area contributed by atoms with Crippen molar-refractivity contribution in [3.63, 3.8) is 0 Å². The van der Waals surface area contributed by atoms with Crippen molar-refractivity contribution in [2.45, 2.75) is 105 Å². The molecule has 0 heterocycles. The Balaban J connectivity index is 1.51. The predicted octanol–water partition coefficient (Wildman–Crippen LogP) is 7.74. The average Bonchev–Trinajstić information content (AvgIpc) is 3.09. The molecule has 3 fully saturated rings. The molecule has 2 nitrogen and oxygen atoms in total. The summed E-state index contributed by atoms with van der Waals surface area (Å²) in [4.78, 5) is 11.5. The summed E-state index contributed by atoms with van der Waals surface area (Å²) in [6, 6.07) is 0. The zero-order valence-corrected chi connectivity index (χ0v) is 21.0. The number of carbonyl (C=O) groups excluding carboxylic acids is 1. The minimum absolute atomic E-state index is 0.108. The molecule has 4 aliphatic rings. The summed E-state index contributed by atoms with van der Waals surface area (Å²) in [6.45, 7) is 13.9. The first-order valence-corrected chi connectivity index (χ1v) is 13.2. The van der Waals surface area contributed by atoms with Crippen LogP contribution in [0.5, 0.6) is 0 Å². The quantitative estimate of drug-likeness (QED) is 0.332. The normalized spacial score (nSPS) is 44.1. The van der Waals surface area contributed by atoms with Crippen molar-refractivity contribution in [2.24, 2.45) is 46.3 Å². The van der Waals surface area contributed by atoms with Gasteiger partial charge in [-0.15, -0.1) is 0 Å². The van der Waals surface area contributed by atoms with Gasteiger partial charge in [0, 0.05) is 13.3 Å². The zero-order chi connectivity index (χ0) is 22.4.